The van der Waals surface area contributed by atoms with Gasteiger partial charge in [0, 0.05) is 6.54 Å². The van der Waals surface area contributed by atoms with E-state index in [-0.39, 0.29) is 25.0 Å². The lowest BCUT2D eigenvalue weighted by Crippen LogP contribution is -2.42. The second-order valence-corrected chi connectivity index (χ2v) is 4.81. The molecular formula is C17H25NO5. The maximum Gasteiger partial charge on any atom is 0.325 e. The highest BCUT2D eigenvalue weighted by atomic mass is 16.5. The maximum absolute atomic E-state index is 11.9. The van der Waals surface area contributed by atoms with Crippen LogP contribution in [0.4, 0.5) is 0 Å². The fourth-order valence-corrected chi connectivity index (χ4v) is 1.90. The number of hydrogen-bond donors (Lipinski definition) is 1. The first-order valence-electron chi connectivity index (χ1n) is 7.84. The van der Waals surface area contributed by atoms with Gasteiger partial charge in [-0.15, -0.1) is 0 Å². The molecule has 0 aromatic heterocycles. The summed E-state index contributed by atoms with van der Waals surface area (Å²) in [6.07, 6.45) is 0.197. The Morgan fingerprint density at radius 2 is 1.78 bits per heavy atom. The van der Waals surface area contributed by atoms with Crippen LogP contribution in [0.2, 0.25) is 0 Å². The lowest BCUT2D eigenvalue weighted by molar-refractivity contribution is -0.148. The number of hydrogen-bond acceptors (Lipinski definition) is 6. The number of rotatable bonds is 11. The molecule has 0 saturated heterocycles. The molecule has 1 aromatic carbocycles. The molecule has 128 valence electrons. The van der Waals surface area contributed by atoms with Crippen molar-refractivity contribution >= 4 is 11.9 Å². The number of carbonyl (C=O) groups is 2. The van der Waals surface area contributed by atoms with Crippen LogP contribution in [0.25, 0.3) is 0 Å². The third-order valence-corrected chi connectivity index (χ3v) is 2.99. The highest BCUT2D eigenvalue weighted by molar-refractivity contribution is 5.76. The summed E-state index contributed by atoms with van der Waals surface area (Å²) in [7, 11) is 0. The molecule has 6 nitrogen and oxygen atoms in total. The molecule has 0 aliphatic rings. The highest BCUT2D eigenvalue weighted by Crippen LogP contribution is 2.02. The summed E-state index contributed by atoms with van der Waals surface area (Å²) in [6, 6.07) is 9.09. The summed E-state index contributed by atoms with van der Waals surface area (Å²) in [5.41, 5.74) is 1.03. The van der Waals surface area contributed by atoms with E-state index in [0.29, 0.717) is 26.4 Å². The number of benzene rings is 1. The van der Waals surface area contributed by atoms with Gasteiger partial charge in [-0.3, -0.25) is 9.59 Å². The molecule has 1 aromatic rings. The van der Waals surface area contributed by atoms with Crippen LogP contribution < -0.4 is 5.32 Å². The van der Waals surface area contributed by atoms with Crippen molar-refractivity contribution in [2.24, 2.45) is 0 Å². The summed E-state index contributed by atoms with van der Waals surface area (Å²) in [5, 5.41) is 2.98. The Labute approximate surface area is 137 Å². The minimum absolute atomic E-state index is 0.177. The van der Waals surface area contributed by atoms with Gasteiger partial charge in [0.15, 0.2) is 0 Å². The minimum Gasteiger partial charge on any atom is -0.466 e. The monoisotopic (exact) mass is 323 g/mol. The van der Waals surface area contributed by atoms with E-state index in [9.17, 15) is 9.59 Å². The van der Waals surface area contributed by atoms with Gasteiger partial charge in [-0.25, -0.2) is 0 Å². The quantitative estimate of drug-likeness (QED) is 0.625. The van der Waals surface area contributed by atoms with Crippen molar-refractivity contribution in [3.05, 3.63) is 35.9 Å². The van der Waals surface area contributed by atoms with E-state index >= 15 is 0 Å². The summed E-state index contributed by atoms with van der Waals surface area (Å²) in [5.74, 6) is -0.683. The van der Waals surface area contributed by atoms with Crippen LogP contribution in [0, 0.1) is 0 Å². The summed E-state index contributed by atoms with van der Waals surface area (Å²) in [6.45, 7) is 5.07. The molecule has 6 heteroatoms. The normalized spacial score (nSPS) is 11.7. The molecule has 23 heavy (non-hydrogen) atoms. The molecule has 0 heterocycles. The Bertz CT molecular complexity index is 463. The number of esters is 2. The van der Waals surface area contributed by atoms with Gasteiger partial charge in [-0.2, -0.15) is 0 Å². The summed E-state index contributed by atoms with van der Waals surface area (Å²) >= 11 is 0. The van der Waals surface area contributed by atoms with E-state index in [2.05, 4.69) is 5.32 Å². The van der Waals surface area contributed by atoms with Crippen molar-refractivity contribution in [3.8, 4) is 0 Å². The smallest absolute Gasteiger partial charge is 0.325 e. The van der Waals surface area contributed by atoms with Crippen LogP contribution in [0.5, 0.6) is 0 Å². The van der Waals surface area contributed by atoms with Crippen molar-refractivity contribution < 1.29 is 23.8 Å². The molecule has 0 saturated carbocycles. The highest BCUT2D eigenvalue weighted by Gasteiger charge is 2.19. The largest absolute Gasteiger partial charge is 0.466 e. The maximum atomic E-state index is 11.9. The van der Waals surface area contributed by atoms with Crippen molar-refractivity contribution in [1.82, 2.24) is 5.32 Å². The number of nitrogens with one attached hydrogen (secondary N) is 1. The predicted molar refractivity (Wildman–Crippen MR) is 85.8 cm³/mol. The van der Waals surface area contributed by atoms with Crippen LogP contribution in [-0.4, -0.2) is 44.3 Å². The second-order valence-electron chi connectivity index (χ2n) is 4.81. The topological polar surface area (TPSA) is 73.9 Å². The SMILES string of the molecule is CCOC(=O)CCN[C@@H](COCc1ccccc1)C(=O)OCC. The molecule has 0 radical (unpaired) electrons. The Balaban J connectivity index is 2.39. The molecule has 0 aliphatic heterocycles. The Morgan fingerprint density at radius 1 is 1.09 bits per heavy atom. The first-order chi connectivity index (χ1) is 11.2. The predicted octanol–water partition coefficient (Wildman–Crippen LogP) is 1.68. The van der Waals surface area contributed by atoms with Crippen LogP contribution in [0.15, 0.2) is 30.3 Å². The molecule has 0 unspecified atom stereocenters. The van der Waals surface area contributed by atoms with E-state index in [4.69, 9.17) is 14.2 Å². The fraction of sp³-hybridized carbons (Fsp3) is 0.529. The van der Waals surface area contributed by atoms with Gasteiger partial charge in [-0.05, 0) is 19.4 Å². The van der Waals surface area contributed by atoms with E-state index in [0.717, 1.165) is 5.56 Å². The molecule has 0 spiro atoms. The Morgan fingerprint density at radius 3 is 2.43 bits per heavy atom. The second kappa shape index (κ2) is 11.6. The van der Waals surface area contributed by atoms with E-state index in [1.165, 1.54) is 0 Å². The van der Waals surface area contributed by atoms with Crippen molar-refractivity contribution in [2.45, 2.75) is 32.9 Å². The molecule has 0 amide bonds. The van der Waals surface area contributed by atoms with Crippen molar-refractivity contribution in [2.75, 3.05) is 26.4 Å². The standard InChI is InChI=1S/C17H25NO5/c1-3-22-16(19)10-11-18-15(17(20)23-4-2)13-21-12-14-8-6-5-7-9-14/h5-9,15,18H,3-4,10-13H2,1-2H3/t15-/m0/s1. The minimum atomic E-state index is -0.604. The van der Waals surface area contributed by atoms with Crippen LogP contribution in [0.3, 0.4) is 0 Å². The Kier molecular flexibility index (Phi) is 9.66. The lowest BCUT2D eigenvalue weighted by Gasteiger charge is -2.17. The van der Waals surface area contributed by atoms with Crippen molar-refractivity contribution in [1.29, 1.82) is 0 Å². The average molecular weight is 323 g/mol. The third kappa shape index (κ3) is 8.32. The van der Waals surface area contributed by atoms with Crippen LogP contribution in [-0.2, 0) is 30.4 Å². The van der Waals surface area contributed by atoms with Gasteiger partial charge in [0.1, 0.15) is 6.04 Å². The van der Waals surface area contributed by atoms with Gasteiger partial charge in [0.2, 0.25) is 0 Å². The number of ether oxygens (including phenoxy) is 3. The Hall–Kier alpha value is -1.92. The molecule has 0 aliphatic carbocycles. The molecule has 1 atom stereocenters. The molecule has 1 rings (SSSR count). The first-order valence-corrected chi connectivity index (χ1v) is 7.84. The van der Waals surface area contributed by atoms with Gasteiger partial charge in [-0.1, -0.05) is 30.3 Å². The van der Waals surface area contributed by atoms with Gasteiger partial charge >= 0.3 is 11.9 Å². The van der Waals surface area contributed by atoms with Crippen LogP contribution >= 0.6 is 0 Å². The van der Waals surface area contributed by atoms with Crippen molar-refractivity contribution in [3.63, 3.8) is 0 Å². The zero-order valence-corrected chi connectivity index (χ0v) is 13.7. The van der Waals surface area contributed by atoms with Crippen LogP contribution in [0.1, 0.15) is 25.8 Å². The molecular weight excluding hydrogens is 298 g/mol. The summed E-state index contributed by atoms with van der Waals surface area (Å²) < 4.78 is 15.4. The van der Waals surface area contributed by atoms with Gasteiger partial charge in [0.25, 0.3) is 0 Å². The zero-order valence-electron chi connectivity index (χ0n) is 13.7. The molecule has 0 fully saturated rings. The van der Waals surface area contributed by atoms with Gasteiger partial charge in [0.05, 0.1) is 32.8 Å². The van der Waals surface area contributed by atoms with Gasteiger partial charge < -0.3 is 19.5 Å². The van der Waals surface area contributed by atoms with E-state index < -0.39 is 6.04 Å². The first kappa shape index (κ1) is 19.1. The van der Waals surface area contributed by atoms with E-state index in [1.54, 1.807) is 13.8 Å². The molecule has 1 N–H and O–H groups in total. The number of carbonyl (C=O) groups excluding carboxylic acids is 2. The zero-order chi connectivity index (χ0) is 16.9. The fourth-order valence-electron chi connectivity index (χ4n) is 1.90. The summed E-state index contributed by atoms with van der Waals surface area (Å²) in [4.78, 5) is 23.2. The third-order valence-electron chi connectivity index (χ3n) is 2.99. The van der Waals surface area contributed by atoms with E-state index in [1.807, 2.05) is 30.3 Å². The molecule has 0 bridgehead atoms. The lowest BCUT2D eigenvalue weighted by atomic mass is 10.2. The average Bonchev–Trinajstić information content (AvgIpc) is 2.55.